The Bertz CT molecular complexity index is 187. The van der Waals surface area contributed by atoms with E-state index in [4.69, 9.17) is 0 Å². The summed E-state index contributed by atoms with van der Waals surface area (Å²) in [5.74, 6) is -0.566. The van der Waals surface area contributed by atoms with Crippen LogP contribution in [0.2, 0.25) is 0 Å². The molecular weight excluding hydrogens is 176 g/mol. The Morgan fingerprint density at radius 1 is 1.42 bits per heavy atom. The van der Waals surface area contributed by atoms with Crippen LogP contribution in [-0.2, 0) is 14.3 Å². The summed E-state index contributed by atoms with van der Waals surface area (Å²) in [5, 5.41) is 0. The molecule has 0 aliphatic heterocycles. The number of hydrogen-bond acceptors (Lipinski definition) is 4. The predicted octanol–water partition coefficient (Wildman–Crippen LogP) is 1.26. The van der Waals surface area contributed by atoms with Crippen molar-refractivity contribution in [1.82, 2.24) is 0 Å². The van der Waals surface area contributed by atoms with Gasteiger partial charge in [0.15, 0.2) is 5.78 Å². The summed E-state index contributed by atoms with van der Waals surface area (Å²) >= 11 is 1.43. The molecule has 0 bridgehead atoms. The van der Waals surface area contributed by atoms with Crippen molar-refractivity contribution in [2.75, 3.05) is 13.4 Å². The fourth-order valence-electron chi connectivity index (χ4n) is 0.530. The Hall–Kier alpha value is -0.510. The van der Waals surface area contributed by atoms with Crippen molar-refractivity contribution in [3.05, 3.63) is 0 Å². The predicted molar refractivity (Wildman–Crippen MR) is 49.2 cm³/mol. The number of esters is 1. The maximum Gasteiger partial charge on any atom is 0.313 e. The molecule has 70 valence electrons. The first-order valence-corrected chi connectivity index (χ1v) is 4.81. The molecule has 0 aromatic rings. The molecule has 0 amide bonds. The molecule has 0 fully saturated rings. The van der Waals surface area contributed by atoms with Gasteiger partial charge in [0, 0.05) is 0 Å². The van der Waals surface area contributed by atoms with Crippen molar-refractivity contribution >= 4 is 23.5 Å². The van der Waals surface area contributed by atoms with Gasteiger partial charge in [-0.1, -0.05) is 0 Å². The van der Waals surface area contributed by atoms with Gasteiger partial charge in [0.2, 0.25) is 0 Å². The number of ether oxygens (including phenoxy) is 1. The van der Waals surface area contributed by atoms with Crippen LogP contribution >= 0.6 is 11.8 Å². The third-order valence-electron chi connectivity index (χ3n) is 1.71. The molecule has 3 nitrogen and oxygen atoms in total. The highest BCUT2D eigenvalue weighted by atomic mass is 32.2. The van der Waals surface area contributed by atoms with Crippen LogP contribution < -0.4 is 0 Å². The first kappa shape index (κ1) is 11.5. The van der Waals surface area contributed by atoms with Gasteiger partial charge in [-0.2, -0.15) is 11.8 Å². The van der Waals surface area contributed by atoms with Gasteiger partial charge in [0.05, 0.1) is 11.9 Å². The van der Waals surface area contributed by atoms with Crippen LogP contribution in [0.5, 0.6) is 0 Å². The van der Waals surface area contributed by atoms with Gasteiger partial charge in [0.1, 0.15) is 6.42 Å². The van der Waals surface area contributed by atoms with E-state index in [0.717, 1.165) is 0 Å². The normalized spacial score (nSPS) is 11.0. The highest BCUT2D eigenvalue weighted by Gasteiger charge is 2.27. The third-order valence-corrected chi connectivity index (χ3v) is 2.96. The highest BCUT2D eigenvalue weighted by Crippen LogP contribution is 2.23. The van der Waals surface area contributed by atoms with Crippen LogP contribution in [0, 0.1) is 0 Å². The number of hydrogen-bond donors (Lipinski definition) is 0. The average molecular weight is 190 g/mol. The van der Waals surface area contributed by atoms with Gasteiger partial charge >= 0.3 is 5.97 Å². The summed E-state index contributed by atoms with van der Waals surface area (Å²) in [4.78, 5) is 22.1. The Labute approximate surface area is 76.9 Å². The zero-order valence-corrected chi connectivity index (χ0v) is 8.66. The van der Waals surface area contributed by atoms with Gasteiger partial charge < -0.3 is 4.74 Å². The van der Waals surface area contributed by atoms with Crippen molar-refractivity contribution < 1.29 is 14.3 Å². The minimum atomic E-state index is -0.492. The second-order valence-corrected chi connectivity index (χ2v) is 4.32. The Morgan fingerprint density at radius 2 is 1.92 bits per heavy atom. The lowest BCUT2D eigenvalue weighted by molar-refractivity contribution is -0.143. The fourth-order valence-corrected chi connectivity index (χ4v) is 0.830. The average Bonchev–Trinajstić information content (AvgIpc) is 2.04. The topological polar surface area (TPSA) is 43.4 Å². The number of carbonyl (C=O) groups is 2. The standard InChI is InChI=1S/C8H14O3S/c1-8(2,12-4)6(9)5-7(10)11-3/h5H2,1-4H3. The van der Waals surface area contributed by atoms with Crippen LogP contribution in [0.3, 0.4) is 0 Å². The van der Waals surface area contributed by atoms with E-state index in [1.807, 2.05) is 6.26 Å². The van der Waals surface area contributed by atoms with E-state index in [2.05, 4.69) is 4.74 Å². The van der Waals surface area contributed by atoms with Gasteiger partial charge in [-0.05, 0) is 20.1 Å². The lowest BCUT2D eigenvalue weighted by Crippen LogP contribution is -2.29. The molecule has 0 heterocycles. The van der Waals surface area contributed by atoms with Crippen molar-refractivity contribution in [1.29, 1.82) is 0 Å². The fraction of sp³-hybridized carbons (Fsp3) is 0.750. The maximum absolute atomic E-state index is 11.3. The molecular formula is C8H14O3S. The molecule has 0 saturated heterocycles. The Balaban J connectivity index is 4.13. The molecule has 0 N–H and O–H groups in total. The van der Waals surface area contributed by atoms with Crippen LogP contribution in [-0.4, -0.2) is 29.9 Å². The SMILES string of the molecule is COC(=O)CC(=O)C(C)(C)SC. The van der Waals surface area contributed by atoms with Crippen molar-refractivity contribution in [2.45, 2.75) is 25.0 Å². The van der Waals surface area contributed by atoms with Crippen molar-refractivity contribution in [2.24, 2.45) is 0 Å². The first-order chi connectivity index (χ1) is 5.44. The van der Waals surface area contributed by atoms with E-state index in [0.29, 0.717) is 0 Å². The molecule has 0 aliphatic carbocycles. The molecule has 0 aromatic carbocycles. The Kier molecular flexibility index (Phi) is 4.31. The number of methoxy groups -OCH3 is 1. The van der Waals surface area contributed by atoms with Gasteiger partial charge in [-0.25, -0.2) is 0 Å². The van der Waals surface area contributed by atoms with E-state index < -0.39 is 10.7 Å². The van der Waals surface area contributed by atoms with Gasteiger partial charge in [0.25, 0.3) is 0 Å². The lowest BCUT2D eigenvalue weighted by atomic mass is 10.1. The van der Waals surface area contributed by atoms with Crippen LogP contribution in [0.4, 0.5) is 0 Å². The third kappa shape index (κ3) is 3.26. The molecule has 0 spiro atoms. The zero-order chi connectivity index (χ0) is 9.78. The number of ketones is 1. The van der Waals surface area contributed by atoms with Gasteiger partial charge in [-0.3, -0.25) is 9.59 Å². The number of thioether (sulfide) groups is 1. The summed E-state index contributed by atoms with van der Waals surface area (Å²) in [6.07, 6.45) is 1.71. The monoisotopic (exact) mass is 190 g/mol. The second kappa shape index (κ2) is 4.50. The summed E-state index contributed by atoms with van der Waals surface area (Å²) in [6.45, 7) is 3.59. The molecule has 0 aliphatic rings. The van der Waals surface area contributed by atoms with E-state index in [1.54, 1.807) is 13.8 Å². The van der Waals surface area contributed by atoms with Crippen molar-refractivity contribution in [3.63, 3.8) is 0 Å². The Morgan fingerprint density at radius 3 is 2.25 bits per heavy atom. The van der Waals surface area contributed by atoms with E-state index in [9.17, 15) is 9.59 Å². The molecule has 0 atom stereocenters. The number of Topliss-reactive ketones (excluding diaryl/α,β-unsaturated/α-hetero) is 1. The maximum atomic E-state index is 11.3. The largest absolute Gasteiger partial charge is 0.469 e. The summed E-state index contributed by atoms with van der Waals surface area (Å²) in [7, 11) is 1.28. The smallest absolute Gasteiger partial charge is 0.313 e. The number of rotatable bonds is 4. The summed E-state index contributed by atoms with van der Waals surface area (Å²) < 4.78 is 3.90. The minimum absolute atomic E-state index is 0.0955. The quantitative estimate of drug-likeness (QED) is 0.494. The molecule has 0 saturated carbocycles. The molecule has 0 rings (SSSR count). The van der Waals surface area contributed by atoms with Crippen molar-refractivity contribution in [3.8, 4) is 0 Å². The molecule has 12 heavy (non-hydrogen) atoms. The molecule has 0 radical (unpaired) electrons. The zero-order valence-electron chi connectivity index (χ0n) is 7.84. The molecule has 0 unspecified atom stereocenters. The first-order valence-electron chi connectivity index (χ1n) is 3.59. The van der Waals surface area contributed by atoms with E-state index >= 15 is 0 Å². The number of carbonyl (C=O) groups excluding carboxylic acids is 2. The summed E-state index contributed by atoms with van der Waals surface area (Å²) in [5.41, 5.74) is 0. The molecule has 4 heteroatoms. The second-order valence-electron chi connectivity index (χ2n) is 2.89. The molecule has 0 aromatic heterocycles. The van der Waals surface area contributed by atoms with Crippen LogP contribution in [0.25, 0.3) is 0 Å². The lowest BCUT2D eigenvalue weighted by Gasteiger charge is -2.18. The van der Waals surface area contributed by atoms with E-state index in [-0.39, 0.29) is 12.2 Å². The van der Waals surface area contributed by atoms with Crippen LogP contribution in [0.1, 0.15) is 20.3 Å². The van der Waals surface area contributed by atoms with Gasteiger partial charge in [-0.15, -0.1) is 0 Å². The highest BCUT2D eigenvalue weighted by molar-refractivity contribution is 8.00. The van der Waals surface area contributed by atoms with Crippen LogP contribution in [0.15, 0.2) is 0 Å². The van der Waals surface area contributed by atoms with E-state index in [1.165, 1.54) is 18.9 Å². The minimum Gasteiger partial charge on any atom is -0.469 e. The summed E-state index contributed by atoms with van der Waals surface area (Å²) in [6, 6.07) is 0.